The van der Waals surface area contributed by atoms with E-state index in [1.807, 2.05) is 0 Å². The summed E-state index contributed by atoms with van der Waals surface area (Å²) in [5.41, 5.74) is 2.77. The molecule has 1 fully saturated rings. The third-order valence-electron chi connectivity index (χ3n) is 5.21. The largest absolute Gasteiger partial charge is 0.454 e. The molecule has 2 aliphatic rings. The Balaban J connectivity index is 1.33. The Labute approximate surface area is 185 Å². The number of hydrogen-bond acceptors (Lipinski definition) is 6. The molecule has 2 aromatic carbocycles. The molecule has 0 amide bonds. The predicted octanol–water partition coefficient (Wildman–Crippen LogP) is 2.72. The van der Waals surface area contributed by atoms with Crippen molar-refractivity contribution in [3.63, 3.8) is 0 Å². The summed E-state index contributed by atoms with van der Waals surface area (Å²) in [4.78, 5) is 6.50. The SMILES string of the molecule is CN=C(NCc1ccc(N2CCOCC2)cc1)NCc1cc2c(cc1OC(F)F)OCO2. The van der Waals surface area contributed by atoms with E-state index < -0.39 is 6.61 Å². The van der Waals surface area contributed by atoms with Crippen LogP contribution in [-0.2, 0) is 17.8 Å². The van der Waals surface area contributed by atoms with E-state index in [1.165, 1.54) is 11.8 Å². The second kappa shape index (κ2) is 10.4. The van der Waals surface area contributed by atoms with Gasteiger partial charge in [0, 0.05) is 50.5 Å². The summed E-state index contributed by atoms with van der Waals surface area (Å²) in [7, 11) is 1.65. The number of anilines is 1. The lowest BCUT2D eigenvalue weighted by Gasteiger charge is -2.28. The number of hydrogen-bond donors (Lipinski definition) is 2. The fourth-order valence-electron chi connectivity index (χ4n) is 3.54. The smallest absolute Gasteiger partial charge is 0.387 e. The predicted molar refractivity (Wildman–Crippen MR) is 116 cm³/mol. The standard InChI is InChI=1S/C22H26F2N4O4/c1-25-22(26-12-15-2-4-17(5-3-15)28-6-8-29-9-7-28)27-13-16-10-19-20(31-14-30-19)11-18(16)32-21(23)24/h2-5,10-11,21H,6-9,12-14H2,1H3,(H2,25,26,27). The molecule has 2 aliphatic heterocycles. The summed E-state index contributed by atoms with van der Waals surface area (Å²) in [6.07, 6.45) is 0. The molecule has 172 valence electrons. The third-order valence-corrected chi connectivity index (χ3v) is 5.21. The Kier molecular flexibility index (Phi) is 7.10. The zero-order valence-electron chi connectivity index (χ0n) is 17.8. The molecule has 0 atom stereocenters. The van der Waals surface area contributed by atoms with Gasteiger partial charge in [0.1, 0.15) is 5.75 Å². The Morgan fingerprint density at radius 1 is 1.06 bits per heavy atom. The first kappa shape index (κ1) is 21.9. The number of fused-ring (bicyclic) bond motifs is 1. The molecule has 0 bridgehead atoms. The van der Waals surface area contributed by atoms with Gasteiger partial charge >= 0.3 is 6.61 Å². The second-order valence-corrected chi connectivity index (χ2v) is 7.24. The topological polar surface area (TPSA) is 76.6 Å². The summed E-state index contributed by atoms with van der Waals surface area (Å²) < 4.78 is 46.3. The van der Waals surface area contributed by atoms with E-state index in [9.17, 15) is 8.78 Å². The number of morpholine rings is 1. The summed E-state index contributed by atoms with van der Waals surface area (Å²) in [6, 6.07) is 11.4. The quantitative estimate of drug-likeness (QED) is 0.498. The summed E-state index contributed by atoms with van der Waals surface area (Å²) in [5, 5.41) is 6.35. The minimum atomic E-state index is -2.94. The Morgan fingerprint density at radius 3 is 2.44 bits per heavy atom. The van der Waals surface area contributed by atoms with Crippen molar-refractivity contribution in [2.24, 2.45) is 4.99 Å². The molecule has 0 unspecified atom stereocenters. The number of rotatable bonds is 7. The lowest BCUT2D eigenvalue weighted by atomic mass is 10.1. The molecule has 0 spiro atoms. The number of ether oxygens (including phenoxy) is 4. The van der Waals surface area contributed by atoms with Crippen LogP contribution < -0.4 is 29.7 Å². The number of benzene rings is 2. The molecular weight excluding hydrogens is 422 g/mol. The van der Waals surface area contributed by atoms with Crippen molar-refractivity contribution < 1.29 is 27.7 Å². The van der Waals surface area contributed by atoms with E-state index in [0.29, 0.717) is 29.6 Å². The molecule has 2 heterocycles. The molecule has 0 aromatic heterocycles. The molecule has 10 heteroatoms. The van der Waals surface area contributed by atoms with Gasteiger partial charge < -0.3 is 34.5 Å². The molecule has 4 rings (SSSR count). The fraction of sp³-hybridized carbons (Fsp3) is 0.409. The monoisotopic (exact) mass is 448 g/mol. The van der Waals surface area contributed by atoms with Crippen LogP contribution >= 0.6 is 0 Å². The minimum absolute atomic E-state index is 0.0332. The molecule has 1 saturated heterocycles. The molecule has 8 nitrogen and oxygen atoms in total. The van der Waals surface area contributed by atoms with Gasteiger partial charge in [-0.05, 0) is 23.8 Å². The lowest BCUT2D eigenvalue weighted by molar-refractivity contribution is -0.0505. The first-order valence-electron chi connectivity index (χ1n) is 10.4. The normalized spacial score (nSPS) is 15.8. The zero-order valence-corrected chi connectivity index (χ0v) is 17.8. The fourth-order valence-corrected chi connectivity index (χ4v) is 3.54. The summed E-state index contributed by atoms with van der Waals surface area (Å²) in [6.45, 7) is 1.17. The van der Waals surface area contributed by atoms with Gasteiger partial charge in [-0.1, -0.05) is 12.1 Å². The highest BCUT2D eigenvalue weighted by atomic mass is 19.3. The van der Waals surface area contributed by atoms with E-state index in [2.05, 4.69) is 49.5 Å². The van der Waals surface area contributed by atoms with Gasteiger partial charge in [-0.3, -0.25) is 4.99 Å². The number of alkyl halides is 2. The van der Waals surface area contributed by atoms with Crippen LogP contribution in [0, 0.1) is 0 Å². The number of aliphatic imine (C=N–C) groups is 1. The minimum Gasteiger partial charge on any atom is -0.454 e. The van der Waals surface area contributed by atoms with Crippen molar-refractivity contribution in [2.45, 2.75) is 19.7 Å². The van der Waals surface area contributed by atoms with Crippen LogP contribution in [0.3, 0.4) is 0 Å². The first-order chi connectivity index (χ1) is 15.6. The highest BCUT2D eigenvalue weighted by Gasteiger charge is 2.20. The highest BCUT2D eigenvalue weighted by molar-refractivity contribution is 5.79. The van der Waals surface area contributed by atoms with Crippen LogP contribution in [-0.4, -0.2) is 52.7 Å². The van der Waals surface area contributed by atoms with Crippen molar-refractivity contribution in [3.05, 3.63) is 47.5 Å². The molecule has 32 heavy (non-hydrogen) atoms. The van der Waals surface area contributed by atoms with Crippen LogP contribution in [0.1, 0.15) is 11.1 Å². The lowest BCUT2D eigenvalue weighted by Crippen LogP contribution is -2.37. The molecular formula is C22H26F2N4O4. The average molecular weight is 448 g/mol. The van der Waals surface area contributed by atoms with E-state index >= 15 is 0 Å². The molecule has 2 aromatic rings. The van der Waals surface area contributed by atoms with Crippen LogP contribution in [0.2, 0.25) is 0 Å². The summed E-state index contributed by atoms with van der Waals surface area (Å²) in [5.74, 6) is 1.44. The molecule has 0 radical (unpaired) electrons. The maximum Gasteiger partial charge on any atom is 0.387 e. The van der Waals surface area contributed by atoms with E-state index in [4.69, 9.17) is 14.2 Å². The zero-order chi connectivity index (χ0) is 22.3. The van der Waals surface area contributed by atoms with Crippen LogP contribution in [0.25, 0.3) is 0 Å². The third kappa shape index (κ3) is 5.50. The number of halogens is 2. The summed E-state index contributed by atoms with van der Waals surface area (Å²) >= 11 is 0. The Hall–Kier alpha value is -3.27. The van der Waals surface area contributed by atoms with Gasteiger partial charge in [-0.15, -0.1) is 0 Å². The van der Waals surface area contributed by atoms with Crippen molar-refractivity contribution in [1.29, 1.82) is 0 Å². The number of nitrogens with one attached hydrogen (secondary N) is 2. The van der Waals surface area contributed by atoms with Crippen LogP contribution in [0.5, 0.6) is 17.2 Å². The van der Waals surface area contributed by atoms with E-state index in [-0.39, 0.29) is 19.1 Å². The Bertz CT molecular complexity index is 934. The number of nitrogens with zero attached hydrogens (tertiary/aromatic N) is 2. The molecule has 0 aliphatic carbocycles. The van der Waals surface area contributed by atoms with E-state index in [0.717, 1.165) is 31.9 Å². The first-order valence-corrected chi connectivity index (χ1v) is 10.4. The van der Waals surface area contributed by atoms with Gasteiger partial charge in [-0.25, -0.2) is 0 Å². The van der Waals surface area contributed by atoms with Gasteiger partial charge in [-0.2, -0.15) is 8.78 Å². The van der Waals surface area contributed by atoms with Crippen molar-refractivity contribution in [2.75, 3.05) is 45.0 Å². The van der Waals surface area contributed by atoms with E-state index in [1.54, 1.807) is 13.1 Å². The van der Waals surface area contributed by atoms with Crippen LogP contribution in [0.4, 0.5) is 14.5 Å². The van der Waals surface area contributed by atoms with Gasteiger partial charge in [0.25, 0.3) is 0 Å². The second-order valence-electron chi connectivity index (χ2n) is 7.24. The van der Waals surface area contributed by atoms with Crippen molar-refractivity contribution in [1.82, 2.24) is 10.6 Å². The van der Waals surface area contributed by atoms with Crippen molar-refractivity contribution >= 4 is 11.6 Å². The maximum atomic E-state index is 12.8. The van der Waals surface area contributed by atoms with Crippen LogP contribution in [0.15, 0.2) is 41.4 Å². The van der Waals surface area contributed by atoms with Gasteiger partial charge in [0.2, 0.25) is 6.79 Å². The Morgan fingerprint density at radius 2 is 1.75 bits per heavy atom. The van der Waals surface area contributed by atoms with Crippen molar-refractivity contribution in [3.8, 4) is 17.2 Å². The van der Waals surface area contributed by atoms with Gasteiger partial charge in [0.05, 0.1) is 13.2 Å². The number of guanidine groups is 1. The molecule has 2 N–H and O–H groups in total. The highest BCUT2D eigenvalue weighted by Crippen LogP contribution is 2.38. The molecule has 0 saturated carbocycles. The maximum absolute atomic E-state index is 12.8. The average Bonchev–Trinajstić information content (AvgIpc) is 3.27. The van der Waals surface area contributed by atoms with Gasteiger partial charge in [0.15, 0.2) is 17.5 Å².